The van der Waals surface area contributed by atoms with E-state index in [1.807, 2.05) is 19.1 Å². The van der Waals surface area contributed by atoms with Crippen molar-refractivity contribution in [2.24, 2.45) is 0 Å². The van der Waals surface area contributed by atoms with Crippen molar-refractivity contribution in [2.45, 2.75) is 6.92 Å². The summed E-state index contributed by atoms with van der Waals surface area (Å²) < 4.78 is 11.1. The molecule has 2 aromatic heterocycles. The van der Waals surface area contributed by atoms with E-state index in [2.05, 4.69) is 0 Å². The number of benzene rings is 2. The maximum absolute atomic E-state index is 12.3. The SMILES string of the molecule is Cc1ccc2cc(-c3cc4ccc(C(=O)O)cc4o3)c(=O)oc2c1. The number of aromatic carboxylic acids is 1. The zero-order valence-corrected chi connectivity index (χ0v) is 12.7. The zero-order valence-electron chi connectivity index (χ0n) is 12.7. The van der Waals surface area contributed by atoms with Gasteiger partial charge < -0.3 is 13.9 Å². The predicted molar refractivity (Wildman–Crippen MR) is 89.4 cm³/mol. The van der Waals surface area contributed by atoms with E-state index in [4.69, 9.17) is 13.9 Å². The van der Waals surface area contributed by atoms with Crippen LogP contribution in [-0.2, 0) is 0 Å². The molecule has 24 heavy (non-hydrogen) atoms. The number of carboxylic acids is 1. The summed E-state index contributed by atoms with van der Waals surface area (Å²) in [6.07, 6.45) is 0. The Morgan fingerprint density at radius 2 is 1.62 bits per heavy atom. The van der Waals surface area contributed by atoms with E-state index in [9.17, 15) is 9.59 Å². The van der Waals surface area contributed by atoms with Crippen LogP contribution in [0.25, 0.3) is 33.3 Å². The first-order valence-electron chi connectivity index (χ1n) is 7.33. The van der Waals surface area contributed by atoms with Crippen molar-refractivity contribution in [3.63, 3.8) is 0 Å². The third-order valence-electron chi connectivity index (χ3n) is 3.92. The highest BCUT2D eigenvalue weighted by atomic mass is 16.4. The topological polar surface area (TPSA) is 80.6 Å². The second-order valence-electron chi connectivity index (χ2n) is 5.66. The first-order valence-corrected chi connectivity index (χ1v) is 7.33. The van der Waals surface area contributed by atoms with Gasteiger partial charge in [0, 0.05) is 10.8 Å². The Morgan fingerprint density at radius 3 is 2.42 bits per heavy atom. The van der Waals surface area contributed by atoms with Gasteiger partial charge in [0.1, 0.15) is 22.5 Å². The molecule has 2 aromatic carbocycles. The summed E-state index contributed by atoms with van der Waals surface area (Å²) in [4.78, 5) is 23.3. The molecule has 0 spiro atoms. The summed E-state index contributed by atoms with van der Waals surface area (Å²) in [5.41, 5.74) is 1.87. The highest BCUT2D eigenvalue weighted by molar-refractivity contribution is 5.94. The van der Waals surface area contributed by atoms with Gasteiger partial charge in [0.2, 0.25) is 0 Å². The van der Waals surface area contributed by atoms with Gasteiger partial charge in [0.25, 0.3) is 0 Å². The Balaban J connectivity index is 1.92. The molecule has 1 N–H and O–H groups in total. The van der Waals surface area contributed by atoms with E-state index in [-0.39, 0.29) is 5.56 Å². The molecular weight excluding hydrogens is 308 g/mol. The number of hydrogen-bond acceptors (Lipinski definition) is 4. The van der Waals surface area contributed by atoms with Crippen LogP contribution in [0.2, 0.25) is 0 Å². The van der Waals surface area contributed by atoms with Crippen LogP contribution in [0.5, 0.6) is 0 Å². The molecule has 4 rings (SSSR count). The average molecular weight is 320 g/mol. The van der Waals surface area contributed by atoms with Crippen LogP contribution in [0.15, 0.2) is 62.2 Å². The molecule has 0 saturated heterocycles. The highest BCUT2D eigenvalue weighted by Gasteiger charge is 2.14. The van der Waals surface area contributed by atoms with Crippen LogP contribution in [0, 0.1) is 6.92 Å². The van der Waals surface area contributed by atoms with Crippen molar-refractivity contribution in [2.75, 3.05) is 0 Å². The fourth-order valence-electron chi connectivity index (χ4n) is 2.69. The van der Waals surface area contributed by atoms with Gasteiger partial charge in [-0.25, -0.2) is 9.59 Å². The molecular formula is C19H12O5. The van der Waals surface area contributed by atoms with Gasteiger partial charge in [-0.1, -0.05) is 18.2 Å². The lowest BCUT2D eigenvalue weighted by molar-refractivity contribution is 0.0697. The monoisotopic (exact) mass is 320 g/mol. The number of furan rings is 1. The molecule has 0 saturated carbocycles. The highest BCUT2D eigenvalue weighted by Crippen LogP contribution is 2.28. The molecule has 0 aliphatic rings. The quantitative estimate of drug-likeness (QED) is 0.559. The molecule has 0 amide bonds. The van der Waals surface area contributed by atoms with Crippen LogP contribution in [0.1, 0.15) is 15.9 Å². The molecule has 5 heteroatoms. The number of aryl methyl sites for hydroxylation is 1. The summed E-state index contributed by atoms with van der Waals surface area (Å²) in [5.74, 6) is -0.681. The van der Waals surface area contributed by atoms with Crippen molar-refractivity contribution in [1.29, 1.82) is 0 Å². The molecule has 0 bridgehead atoms. The molecule has 0 radical (unpaired) electrons. The van der Waals surface area contributed by atoms with Crippen LogP contribution in [0.4, 0.5) is 0 Å². The smallest absolute Gasteiger partial charge is 0.347 e. The average Bonchev–Trinajstić information content (AvgIpc) is 2.96. The summed E-state index contributed by atoms with van der Waals surface area (Å²) in [5, 5.41) is 10.6. The number of carboxylic acid groups (broad SMARTS) is 1. The normalized spacial score (nSPS) is 11.2. The van der Waals surface area contributed by atoms with Gasteiger partial charge in [-0.3, -0.25) is 0 Å². The summed E-state index contributed by atoms with van der Waals surface area (Å²) in [7, 11) is 0. The van der Waals surface area contributed by atoms with Gasteiger partial charge in [-0.2, -0.15) is 0 Å². The van der Waals surface area contributed by atoms with Gasteiger partial charge in [-0.05, 0) is 42.8 Å². The Bertz CT molecular complexity index is 1160. The van der Waals surface area contributed by atoms with Crippen molar-refractivity contribution in [3.05, 3.63) is 70.1 Å². The molecule has 0 atom stereocenters. The maximum atomic E-state index is 12.3. The first-order chi connectivity index (χ1) is 11.5. The van der Waals surface area contributed by atoms with E-state index in [0.717, 1.165) is 16.3 Å². The van der Waals surface area contributed by atoms with Crippen LogP contribution in [-0.4, -0.2) is 11.1 Å². The minimum atomic E-state index is -1.03. The third kappa shape index (κ3) is 2.27. The Labute approximate surface area is 135 Å². The molecule has 4 aromatic rings. The van der Waals surface area contributed by atoms with E-state index < -0.39 is 11.6 Å². The molecule has 0 unspecified atom stereocenters. The number of rotatable bonds is 2. The van der Waals surface area contributed by atoms with Gasteiger partial charge in [-0.15, -0.1) is 0 Å². The summed E-state index contributed by atoms with van der Waals surface area (Å²) >= 11 is 0. The molecule has 0 aliphatic carbocycles. The second-order valence-corrected chi connectivity index (χ2v) is 5.66. The minimum absolute atomic E-state index is 0.129. The number of fused-ring (bicyclic) bond motifs is 2. The van der Waals surface area contributed by atoms with Crippen LogP contribution >= 0.6 is 0 Å². The van der Waals surface area contributed by atoms with E-state index in [1.165, 1.54) is 12.1 Å². The van der Waals surface area contributed by atoms with E-state index >= 15 is 0 Å². The lowest BCUT2D eigenvalue weighted by atomic mass is 10.1. The predicted octanol–water partition coefficient (Wildman–Crippen LogP) is 4.21. The van der Waals surface area contributed by atoms with Crippen LogP contribution < -0.4 is 5.63 Å². The fourth-order valence-corrected chi connectivity index (χ4v) is 2.69. The van der Waals surface area contributed by atoms with Crippen molar-refractivity contribution in [1.82, 2.24) is 0 Å². The second kappa shape index (κ2) is 5.09. The fraction of sp³-hybridized carbons (Fsp3) is 0.0526. The third-order valence-corrected chi connectivity index (χ3v) is 3.92. The summed E-state index contributed by atoms with van der Waals surface area (Å²) in [6.45, 7) is 1.92. The molecule has 5 nitrogen and oxygen atoms in total. The van der Waals surface area contributed by atoms with Gasteiger partial charge in [0.05, 0.1) is 5.56 Å². The lowest BCUT2D eigenvalue weighted by Crippen LogP contribution is -2.01. The Kier molecular flexibility index (Phi) is 3.03. The molecule has 118 valence electrons. The lowest BCUT2D eigenvalue weighted by Gasteiger charge is -2.00. The maximum Gasteiger partial charge on any atom is 0.347 e. The van der Waals surface area contributed by atoms with Crippen molar-refractivity contribution < 1.29 is 18.7 Å². The summed E-state index contributed by atoms with van der Waals surface area (Å²) in [6, 6.07) is 13.6. The number of hydrogen-bond donors (Lipinski definition) is 1. The van der Waals surface area contributed by atoms with Crippen LogP contribution in [0.3, 0.4) is 0 Å². The first kappa shape index (κ1) is 14.3. The largest absolute Gasteiger partial charge is 0.478 e. The minimum Gasteiger partial charge on any atom is -0.478 e. The van der Waals surface area contributed by atoms with Crippen molar-refractivity contribution >= 4 is 27.9 Å². The Morgan fingerprint density at radius 1 is 0.917 bits per heavy atom. The van der Waals surface area contributed by atoms with E-state index in [1.54, 1.807) is 24.3 Å². The zero-order chi connectivity index (χ0) is 16.8. The van der Waals surface area contributed by atoms with Gasteiger partial charge in [0.15, 0.2) is 0 Å². The molecule has 0 fully saturated rings. The molecule has 0 aliphatic heterocycles. The van der Waals surface area contributed by atoms with Crippen molar-refractivity contribution in [3.8, 4) is 11.3 Å². The Hall–Kier alpha value is -3.34. The van der Waals surface area contributed by atoms with E-state index in [0.29, 0.717) is 22.5 Å². The number of carbonyl (C=O) groups is 1. The molecule has 2 heterocycles. The standard InChI is InChI=1S/C19H12O5/c1-10-2-3-11-7-14(19(22)24-15(11)6-10)17-8-12-4-5-13(18(20)21)9-16(12)23-17/h2-9H,1H3,(H,20,21). The van der Waals surface area contributed by atoms with Gasteiger partial charge >= 0.3 is 11.6 Å².